The number of likely N-dealkylation sites (N-methyl/N-ethyl adjacent to an activating group) is 1. The number of carbonyl (C=O) groups excluding carboxylic acids is 1. The van der Waals surface area contributed by atoms with Gasteiger partial charge in [0.15, 0.2) is 0 Å². The van der Waals surface area contributed by atoms with Crippen LogP contribution in [-0.4, -0.2) is 35.9 Å². The number of nitrogens with zero attached hydrogens (tertiary/aromatic N) is 2. The Kier molecular flexibility index (Phi) is 6.36. The second-order valence-corrected chi connectivity index (χ2v) is 4.55. The van der Waals surface area contributed by atoms with Gasteiger partial charge in [-0.25, -0.2) is 0 Å². The Hall–Kier alpha value is -1.42. The van der Waals surface area contributed by atoms with E-state index in [2.05, 4.69) is 11.9 Å². The van der Waals surface area contributed by atoms with E-state index in [1.807, 2.05) is 25.2 Å². The lowest BCUT2D eigenvalue weighted by Gasteiger charge is -2.22. The molecule has 1 atom stereocenters. The Labute approximate surface area is 109 Å². The molecule has 1 aromatic rings. The molecular formula is C14H23N3O. The molecular weight excluding hydrogens is 226 g/mol. The Morgan fingerprint density at radius 2 is 2.28 bits per heavy atom. The summed E-state index contributed by atoms with van der Waals surface area (Å²) < 4.78 is 0. The maximum Gasteiger partial charge on any atom is 0.226 e. The summed E-state index contributed by atoms with van der Waals surface area (Å²) in [5, 5.41) is 0. The van der Waals surface area contributed by atoms with E-state index in [1.165, 1.54) is 0 Å². The monoisotopic (exact) mass is 249 g/mol. The second kappa shape index (κ2) is 7.82. The highest BCUT2D eigenvalue weighted by Crippen LogP contribution is 2.08. The summed E-state index contributed by atoms with van der Waals surface area (Å²) in [7, 11) is 1.84. The highest BCUT2D eigenvalue weighted by atomic mass is 16.2. The quantitative estimate of drug-likeness (QED) is 0.796. The summed E-state index contributed by atoms with van der Waals surface area (Å²) in [6.45, 7) is 3.19. The van der Waals surface area contributed by atoms with Gasteiger partial charge in [0.25, 0.3) is 0 Å². The molecule has 1 amide bonds. The van der Waals surface area contributed by atoms with Crippen molar-refractivity contribution in [1.82, 2.24) is 9.88 Å². The van der Waals surface area contributed by atoms with E-state index in [-0.39, 0.29) is 11.8 Å². The predicted molar refractivity (Wildman–Crippen MR) is 73.0 cm³/mol. The van der Waals surface area contributed by atoms with E-state index in [4.69, 9.17) is 5.73 Å². The molecule has 0 radical (unpaired) electrons. The second-order valence-electron chi connectivity index (χ2n) is 4.55. The van der Waals surface area contributed by atoms with Crippen molar-refractivity contribution in [3.8, 4) is 0 Å². The number of hydrogen-bond acceptors (Lipinski definition) is 3. The first-order valence-corrected chi connectivity index (χ1v) is 6.54. The Morgan fingerprint density at radius 1 is 1.50 bits per heavy atom. The number of carbonyl (C=O) groups is 1. The minimum Gasteiger partial charge on any atom is -0.345 e. The van der Waals surface area contributed by atoms with E-state index in [1.54, 1.807) is 11.1 Å². The minimum absolute atomic E-state index is 0.0382. The Morgan fingerprint density at radius 3 is 2.83 bits per heavy atom. The smallest absolute Gasteiger partial charge is 0.226 e. The van der Waals surface area contributed by atoms with Crippen LogP contribution in [0, 0.1) is 5.92 Å². The SMILES string of the molecule is CCCC(CN)C(=O)N(C)CCc1ccccn1. The molecule has 0 aromatic carbocycles. The molecule has 100 valence electrons. The molecule has 2 N–H and O–H groups in total. The number of rotatable bonds is 7. The third kappa shape index (κ3) is 4.45. The van der Waals surface area contributed by atoms with Crippen LogP contribution in [0.3, 0.4) is 0 Å². The third-order valence-corrected chi connectivity index (χ3v) is 3.08. The highest BCUT2D eigenvalue weighted by Gasteiger charge is 2.19. The molecule has 4 nitrogen and oxygen atoms in total. The van der Waals surface area contributed by atoms with Gasteiger partial charge in [0, 0.05) is 38.4 Å². The van der Waals surface area contributed by atoms with Crippen LogP contribution in [0.4, 0.5) is 0 Å². The van der Waals surface area contributed by atoms with Crippen molar-refractivity contribution in [3.05, 3.63) is 30.1 Å². The molecule has 18 heavy (non-hydrogen) atoms. The molecule has 1 heterocycles. The van der Waals surface area contributed by atoms with Crippen molar-refractivity contribution in [2.45, 2.75) is 26.2 Å². The fraction of sp³-hybridized carbons (Fsp3) is 0.571. The molecule has 0 saturated heterocycles. The summed E-state index contributed by atoms with van der Waals surface area (Å²) in [6, 6.07) is 5.83. The largest absolute Gasteiger partial charge is 0.345 e. The molecule has 0 saturated carbocycles. The van der Waals surface area contributed by atoms with Gasteiger partial charge in [0.1, 0.15) is 0 Å². The summed E-state index contributed by atoms with van der Waals surface area (Å²) in [6.07, 6.45) is 4.41. The maximum absolute atomic E-state index is 12.1. The van der Waals surface area contributed by atoms with Gasteiger partial charge in [0.05, 0.1) is 5.92 Å². The van der Waals surface area contributed by atoms with Crippen LogP contribution < -0.4 is 5.73 Å². The van der Waals surface area contributed by atoms with Crippen molar-refractivity contribution in [2.75, 3.05) is 20.1 Å². The van der Waals surface area contributed by atoms with Crippen LogP contribution in [0.25, 0.3) is 0 Å². The van der Waals surface area contributed by atoms with Crippen molar-refractivity contribution in [1.29, 1.82) is 0 Å². The van der Waals surface area contributed by atoms with Crippen LogP contribution in [-0.2, 0) is 11.2 Å². The van der Waals surface area contributed by atoms with Gasteiger partial charge in [-0.1, -0.05) is 19.4 Å². The zero-order valence-electron chi connectivity index (χ0n) is 11.3. The molecule has 0 aliphatic rings. The van der Waals surface area contributed by atoms with Crippen LogP contribution in [0.1, 0.15) is 25.5 Å². The molecule has 0 aliphatic heterocycles. The summed E-state index contributed by atoms with van der Waals surface area (Å²) >= 11 is 0. The van der Waals surface area contributed by atoms with E-state index in [0.29, 0.717) is 13.1 Å². The topological polar surface area (TPSA) is 59.2 Å². The Balaban J connectivity index is 2.44. The molecule has 0 bridgehead atoms. The third-order valence-electron chi connectivity index (χ3n) is 3.08. The number of nitrogens with two attached hydrogens (primary N) is 1. The van der Waals surface area contributed by atoms with Crippen LogP contribution in [0.15, 0.2) is 24.4 Å². The molecule has 0 aliphatic carbocycles. The van der Waals surface area contributed by atoms with E-state index < -0.39 is 0 Å². The van der Waals surface area contributed by atoms with Crippen molar-refractivity contribution in [3.63, 3.8) is 0 Å². The van der Waals surface area contributed by atoms with E-state index in [0.717, 1.165) is 25.0 Å². The zero-order valence-corrected chi connectivity index (χ0v) is 11.3. The minimum atomic E-state index is -0.0382. The predicted octanol–water partition coefficient (Wildman–Crippen LogP) is 1.46. The zero-order chi connectivity index (χ0) is 13.4. The van der Waals surface area contributed by atoms with Gasteiger partial charge < -0.3 is 10.6 Å². The number of pyridine rings is 1. The van der Waals surface area contributed by atoms with Crippen LogP contribution in [0.5, 0.6) is 0 Å². The van der Waals surface area contributed by atoms with E-state index >= 15 is 0 Å². The van der Waals surface area contributed by atoms with Crippen LogP contribution in [0.2, 0.25) is 0 Å². The van der Waals surface area contributed by atoms with Crippen molar-refractivity contribution in [2.24, 2.45) is 11.7 Å². The summed E-state index contributed by atoms with van der Waals surface area (Å²) in [5.74, 6) is 0.110. The van der Waals surface area contributed by atoms with Crippen molar-refractivity contribution >= 4 is 5.91 Å². The summed E-state index contributed by atoms with van der Waals surface area (Å²) in [5.41, 5.74) is 6.66. The number of aromatic nitrogens is 1. The highest BCUT2D eigenvalue weighted by molar-refractivity contribution is 5.78. The van der Waals surface area contributed by atoms with Gasteiger partial charge in [-0.15, -0.1) is 0 Å². The first-order chi connectivity index (χ1) is 8.69. The Bertz CT molecular complexity index is 353. The first-order valence-electron chi connectivity index (χ1n) is 6.54. The maximum atomic E-state index is 12.1. The summed E-state index contributed by atoms with van der Waals surface area (Å²) in [4.78, 5) is 18.1. The molecule has 1 unspecified atom stereocenters. The number of hydrogen-bond donors (Lipinski definition) is 1. The molecule has 0 fully saturated rings. The lowest BCUT2D eigenvalue weighted by Crippen LogP contribution is -2.37. The molecule has 1 rings (SSSR count). The first kappa shape index (κ1) is 14.6. The fourth-order valence-corrected chi connectivity index (χ4v) is 1.94. The molecule has 0 spiro atoms. The lowest BCUT2D eigenvalue weighted by atomic mass is 10.0. The molecule has 1 aromatic heterocycles. The normalized spacial score (nSPS) is 12.2. The van der Waals surface area contributed by atoms with Gasteiger partial charge in [-0.3, -0.25) is 9.78 Å². The number of amides is 1. The van der Waals surface area contributed by atoms with E-state index in [9.17, 15) is 4.79 Å². The standard InChI is InChI=1S/C14H23N3O/c1-3-6-12(11-15)14(18)17(2)10-8-13-7-4-5-9-16-13/h4-5,7,9,12H,3,6,8,10-11,15H2,1-2H3. The van der Waals surface area contributed by atoms with Crippen molar-refractivity contribution < 1.29 is 4.79 Å². The van der Waals surface area contributed by atoms with Gasteiger partial charge in [-0.2, -0.15) is 0 Å². The lowest BCUT2D eigenvalue weighted by molar-refractivity contribution is -0.134. The van der Waals surface area contributed by atoms with Gasteiger partial charge in [0.2, 0.25) is 5.91 Å². The average molecular weight is 249 g/mol. The van der Waals surface area contributed by atoms with Crippen LogP contribution >= 0.6 is 0 Å². The van der Waals surface area contributed by atoms with Gasteiger partial charge in [-0.05, 0) is 18.6 Å². The molecule has 4 heteroatoms. The van der Waals surface area contributed by atoms with Gasteiger partial charge >= 0.3 is 0 Å². The fourth-order valence-electron chi connectivity index (χ4n) is 1.94. The average Bonchev–Trinajstić information content (AvgIpc) is 2.42.